The minimum absolute atomic E-state index is 0.322. The molecule has 5 nitrogen and oxygen atoms in total. The van der Waals surface area contributed by atoms with Gasteiger partial charge in [-0.05, 0) is 39.8 Å². The van der Waals surface area contributed by atoms with Crippen LogP contribution in [-0.2, 0) is 9.53 Å². The third-order valence-corrected chi connectivity index (χ3v) is 3.88. The van der Waals surface area contributed by atoms with Crippen molar-refractivity contribution in [3.05, 3.63) is 0 Å². The number of carbonyl (C=O) groups is 1. The Bertz CT molecular complexity index is 260. The van der Waals surface area contributed by atoms with Crippen LogP contribution in [0.2, 0.25) is 0 Å². The highest BCUT2D eigenvalue weighted by molar-refractivity contribution is 5.79. The summed E-state index contributed by atoms with van der Waals surface area (Å²) in [7, 11) is 5.47. The number of likely N-dealkylation sites (N-methyl/N-ethyl adjacent to an activating group) is 2. The van der Waals surface area contributed by atoms with Gasteiger partial charge < -0.3 is 20.1 Å². The molecule has 0 bridgehead atoms. The molecule has 1 aliphatic rings. The zero-order valence-corrected chi connectivity index (χ0v) is 11.0. The smallest absolute Gasteiger partial charge is 0.323 e. The summed E-state index contributed by atoms with van der Waals surface area (Å²) in [4.78, 5) is 13.6. The Balaban J connectivity index is 2.61. The lowest BCUT2D eigenvalue weighted by Crippen LogP contribution is -2.57. The molecule has 0 spiro atoms. The molecule has 1 fully saturated rings. The van der Waals surface area contributed by atoms with Crippen LogP contribution in [-0.4, -0.2) is 61.9 Å². The fraction of sp³-hybridized carbons (Fsp3) is 0.917. The molecular weight excluding hydrogens is 220 g/mol. The Labute approximate surface area is 103 Å². The normalized spacial score (nSPS) is 29.5. The van der Waals surface area contributed by atoms with Gasteiger partial charge in [0.2, 0.25) is 0 Å². The number of aliphatic carboxylic acids is 1. The van der Waals surface area contributed by atoms with E-state index in [1.165, 1.54) is 0 Å². The first kappa shape index (κ1) is 14.4. The zero-order chi connectivity index (χ0) is 12.9. The Hall–Kier alpha value is -0.650. The minimum atomic E-state index is -0.746. The first-order chi connectivity index (χ1) is 8.05. The average Bonchev–Trinajstić information content (AvgIpc) is 2.35. The fourth-order valence-corrected chi connectivity index (χ4v) is 2.57. The summed E-state index contributed by atoms with van der Waals surface area (Å²) in [5, 5.41) is 12.4. The van der Waals surface area contributed by atoms with Crippen LogP contribution in [0.3, 0.4) is 0 Å². The molecule has 100 valence electrons. The predicted octanol–water partition coefficient (Wildman–Crippen LogP) is 0.550. The summed E-state index contributed by atoms with van der Waals surface area (Å²) in [5.74, 6) is -0.732. The van der Waals surface area contributed by atoms with Crippen molar-refractivity contribution in [1.82, 2.24) is 10.2 Å². The van der Waals surface area contributed by atoms with Crippen molar-refractivity contribution in [2.75, 3.05) is 34.4 Å². The van der Waals surface area contributed by atoms with Gasteiger partial charge in [0.25, 0.3) is 0 Å². The Morgan fingerprint density at radius 3 is 2.88 bits per heavy atom. The van der Waals surface area contributed by atoms with Crippen molar-refractivity contribution >= 4 is 5.97 Å². The van der Waals surface area contributed by atoms with Crippen LogP contribution < -0.4 is 5.32 Å². The molecule has 0 aliphatic heterocycles. The molecule has 1 aliphatic carbocycles. The van der Waals surface area contributed by atoms with Crippen molar-refractivity contribution in [2.45, 2.75) is 37.3 Å². The van der Waals surface area contributed by atoms with E-state index in [0.717, 1.165) is 19.4 Å². The van der Waals surface area contributed by atoms with Gasteiger partial charge in [-0.2, -0.15) is 0 Å². The van der Waals surface area contributed by atoms with Gasteiger partial charge >= 0.3 is 5.97 Å². The second kappa shape index (κ2) is 6.33. The molecule has 0 heterocycles. The number of carboxylic acid groups (broad SMARTS) is 1. The summed E-state index contributed by atoms with van der Waals surface area (Å²) >= 11 is 0. The molecule has 17 heavy (non-hydrogen) atoms. The topological polar surface area (TPSA) is 61.8 Å². The molecule has 5 heteroatoms. The van der Waals surface area contributed by atoms with Crippen LogP contribution in [0.1, 0.15) is 25.7 Å². The first-order valence-electron chi connectivity index (χ1n) is 6.17. The lowest BCUT2D eigenvalue weighted by atomic mass is 9.78. The van der Waals surface area contributed by atoms with Gasteiger partial charge in [-0.3, -0.25) is 4.79 Å². The number of methoxy groups -OCH3 is 1. The molecule has 0 aromatic carbocycles. The largest absolute Gasteiger partial charge is 0.480 e. The number of nitrogens with zero attached hydrogens (tertiary/aromatic N) is 1. The maximum atomic E-state index is 11.4. The Kier molecular flexibility index (Phi) is 5.36. The molecule has 0 aromatic heterocycles. The molecule has 2 atom stereocenters. The van der Waals surface area contributed by atoms with E-state index >= 15 is 0 Å². The van der Waals surface area contributed by atoms with Crippen molar-refractivity contribution in [3.63, 3.8) is 0 Å². The number of carboxylic acids is 1. The molecule has 0 radical (unpaired) electrons. The van der Waals surface area contributed by atoms with E-state index in [2.05, 4.69) is 10.2 Å². The summed E-state index contributed by atoms with van der Waals surface area (Å²) in [6.07, 6.45) is 3.40. The molecule has 2 N–H and O–H groups in total. The Morgan fingerprint density at radius 1 is 1.65 bits per heavy atom. The number of ether oxygens (including phenoxy) is 1. The van der Waals surface area contributed by atoms with Gasteiger partial charge in [0, 0.05) is 19.7 Å². The molecule has 0 aromatic rings. The third kappa shape index (κ3) is 3.40. The fourth-order valence-electron chi connectivity index (χ4n) is 2.57. The summed E-state index contributed by atoms with van der Waals surface area (Å²) in [6.45, 7) is 1.53. The number of hydrogen-bond acceptors (Lipinski definition) is 4. The quantitative estimate of drug-likeness (QED) is 0.714. The van der Waals surface area contributed by atoms with Crippen LogP contribution in [0, 0.1) is 0 Å². The van der Waals surface area contributed by atoms with Crippen LogP contribution in [0.5, 0.6) is 0 Å². The van der Waals surface area contributed by atoms with Crippen molar-refractivity contribution in [1.29, 1.82) is 0 Å². The molecule has 0 amide bonds. The van der Waals surface area contributed by atoms with E-state index in [4.69, 9.17) is 4.74 Å². The van der Waals surface area contributed by atoms with Gasteiger partial charge in [0.15, 0.2) is 0 Å². The molecule has 1 saturated carbocycles. The zero-order valence-electron chi connectivity index (χ0n) is 11.0. The van der Waals surface area contributed by atoms with Gasteiger partial charge in [-0.1, -0.05) is 0 Å². The van der Waals surface area contributed by atoms with E-state index in [9.17, 15) is 9.90 Å². The van der Waals surface area contributed by atoms with Crippen LogP contribution in [0.15, 0.2) is 0 Å². The second-order valence-electron chi connectivity index (χ2n) is 4.86. The van der Waals surface area contributed by atoms with E-state index in [0.29, 0.717) is 25.5 Å². The lowest BCUT2D eigenvalue weighted by molar-refractivity contribution is -0.147. The van der Waals surface area contributed by atoms with Crippen molar-refractivity contribution in [3.8, 4) is 0 Å². The minimum Gasteiger partial charge on any atom is -0.480 e. The SMILES string of the molecule is CNC1(C(=O)O)CCCC(N(C)CCOC)C1. The monoisotopic (exact) mass is 244 g/mol. The van der Waals surface area contributed by atoms with Crippen LogP contribution in [0.25, 0.3) is 0 Å². The highest BCUT2D eigenvalue weighted by Gasteiger charge is 2.42. The highest BCUT2D eigenvalue weighted by atomic mass is 16.5. The maximum absolute atomic E-state index is 11.4. The van der Waals surface area contributed by atoms with E-state index < -0.39 is 11.5 Å². The van der Waals surface area contributed by atoms with Crippen LogP contribution >= 0.6 is 0 Å². The van der Waals surface area contributed by atoms with Gasteiger partial charge in [-0.15, -0.1) is 0 Å². The molecule has 0 saturated heterocycles. The Morgan fingerprint density at radius 2 is 2.35 bits per heavy atom. The van der Waals surface area contributed by atoms with Crippen molar-refractivity contribution < 1.29 is 14.6 Å². The molecular formula is C12H24N2O3. The van der Waals surface area contributed by atoms with Gasteiger partial charge in [-0.25, -0.2) is 0 Å². The maximum Gasteiger partial charge on any atom is 0.323 e. The third-order valence-electron chi connectivity index (χ3n) is 3.88. The van der Waals surface area contributed by atoms with Crippen LogP contribution in [0.4, 0.5) is 0 Å². The van der Waals surface area contributed by atoms with Gasteiger partial charge in [0.1, 0.15) is 5.54 Å². The molecule has 1 rings (SSSR count). The van der Waals surface area contributed by atoms with E-state index in [-0.39, 0.29) is 0 Å². The molecule has 2 unspecified atom stereocenters. The second-order valence-corrected chi connectivity index (χ2v) is 4.86. The highest BCUT2D eigenvalue weighted by Crippen LogP contribution is 2.30. The number of hydrogen-bond donors (Lipinski definition) is 2. The van der Waals surface area contributed by atoms with Gasteiger partial charge in [0.05, 0.1) is 6.61 Å². The first-order valence-corrected chi connectivity index (χ1v) is 6.17. The van der Waals surface area contributed by atoms with E-state index in [1.54, 1.807) is 14.2 Å². The van der Waals surface area contributed by atoms with Crippen molar-refractivity contribution in [2.24, 2.45) is 0 Å². The standard InChI is InChI=1S/C12H24N2O3/c1-13-12(11(15)16)6-4-5-10(9-12)14(2)7-8-17-3/h10,13H,4-9H2,1-3H3,(H,15,16). The lowest BCUT2D eigenvalue weighted by Gasteiger charge is -2.41. The van der Waals surface area contributed by atoms with E-state index in [1.807, 2.05) is 7.05 Å². The summed E-state index contributed by atoms with van der Waals surface area (Å²) in [6, 6.07) is 0.322. The average molecular weight is 244 g/mol. The number of rotatable bonds is 6. The number of nitrogens with one attached hydrogen (secondary N) is 1. The predicted molar refractivity (Wildman–Crippen MR) is 66.2 cm³/mol. The summed E-state index contributed by atoms with van der Waals surface area (Å²) in [5.41, 5.74) is -0.746. The summed E-state index contributed by atoms with van der Waals surface area (Å²) < 4.78 is 5.06.